The third-order valence-electron chi connectivity index (χ3n) is 4.69. The van der Waals surface area contributed by atoms with Crippen molar-refractivity contribution in [1.29, 1.82) is 0 Å². The fourth-order valence-corrected chi connectivity index (χ4v) is 4.48. The fourth-order valence-electron chi connectivity index (χ4n) is 2.84. The molecule has 0 heterocycles. The van der Waals surface area contributed by atoms with Gasteiger partial charge in [-0.3, -0.25) is 9.59 Å². The molecular weight excluding hydrogens is 510 g/mol. The molecule has 4 nitrogen and oxygen atoms in total. The first-order valence-electron chi connectivity index (χ1n) is 10.1. The summed E-state index contributed by atoms with van der Waals surface area (Å²) in [6.45, 7) is 6.50. The number of nitrogens with one attached hydrogen (secondary N) is 1. The Labute approximate surface area is 213 Å². The number of carbonyl (C=O) groups is 2. The third-order valence-corrected chi connectivity index (χ3v) is 7.00. The highest BCUT2D eigenvalue weighted by Gasteiger charge is 2.26. The van der Waals surface area contributed by atoms with E-state index in [9.17, 15) is 9.59 Å². The van der Waals surface area contributed by atoms with Crippen LogP contribution >= 0.6 is 58.2 Å². The molecule has 0 aliphatic heterocycles. The van der Waals surface area contributed by atoms with E-state index in [-0.39, 0.29) is 24.1 Å². The van der Waals surface area contributed by atoms with Crippen molar-refractivity contribution >= 4 is 70.0 Å². The first-order chi connectivity index (χ1) is 15.1. The van der Waals surface area contributed by atoms with Gasteiger partial charge in [0.15, 0.2) is 0 Å². The average molecular weight is 536 g/mol. The lowest BCUT2D eigenvalue weighted by Crippen LogP contribution is -2.48. The zero-order valence-corrected chi connectivity index (χ0v) is 22.0. The van der Waals surface area contributed by atoms with E-state index in [2.05, 4.69) is 5.32 Å². The molecule has 0 spiro atoms. The zero-order chi connectivity index (χ0) is 23.8. The second-order valence-corrected chi connectivity index (χ2v) is 10.5. The second-order valence-electron chi connectivity index (χ2n) is 7.81. The van der Waals surface area contributed by atoms with Crippen LogP contribution in [0.1, 0.15) is 31.9 Å². The number of halogens is 4. The molecule has 0 saturated carbocycles. The lowest BCUT2D eigenvalue weighted by Gasteiger charge is -2.29. The minimum Gasteiger partial charge on any atom is -0.354 e. The summed E-state index contributed by atoms with van der Waals surface area (Å²) in [4.78, 5) is 27.4. The molecule has 174 valence electrons. The second kappa shape index (κ2) is 13.0. The van der Waals surface area contributed by atoms with Crippen LogP contribution in [0.15, 0.2) is 36.4 Å². The Morgan fingerprint density at radius 2 is 1.69 bits per heavy atom. The molecule has 2 aromatic rings. The molecule has 1 N–H and O–H groups in total. The number of carbonyl (C=O) groups excluding carboxylic acids is 2. The van der Waals surface area contributed by atoms with Gasteiger partial charge in [0.05, 0.1) is 15.8 Å². The van der Waals surface area contributed by atoms with Crippen molar-refractivity contribution in [3.8, 4) is 0 Å². The van der Waals surface area contributed by atoms with Crippen LogP contribution in [0, 0.1) is 5.92 Å². The van der Waals surface area contributed by atoms with Gasteiger partial charge in [0, 0.05) is 28.9 Å². The largest absolute Gasteiger partial charge is 0.354 e. The minimum absolute atomic E-state index is 0.159. The van der Waals surface area contributed by atoms with Crippen LogP contribution in [0.2, 0.25) is 20.1 Å². The van der Waals surface area contributed by atoms with Crippen molar-refractivity contribution < 1.29 is 9.59 Å². The summed E-state index contributed by atoms with van der Waals surface area (Å²) in [7, 11) is 0. The molecule has 1 unspecified atom stereocenters. The van der Waals surface area contributed by atoms with Crippen molar-refractivity contribution in [3.63, 3.8) is 0 Å². The fraction of sp³-hybridized carbons (Fsp3) is 0.391. The maximum atomic E-state index is 13.1. The average Bonchev–Trinajstić information content (AvgIpc) is 2.73. The van der Waals surface area contributed by atoms with Crippen LogP contribution in [0.5, 0.6) is 0 Å². The first-order valence-corrected chi connectivity index (χ1v) is 12.8. The van der Waals surface area contributed by atoms with E-state index < -0.39 is 6.04 Å². The maximum absolute atomic E-state index is 13.1. The predicted molar refractivity (Wildman–Crippen MR) is 137 cm³/mol. The Bertz CT molecular complexity index is 956. The van der Waals surface area contributed by atoms with Crippen LogP contribution in [0.25, 0.3) is 0 Å². The van der Waals surface area contributed by atoms with Crippen LogP contribution < -0.4 is 5.32 Å². The topological polar surface area (TPSA) is 49.4 Å². The van der Waals surface area contributed by atoms with Crippen LogP contribution in [-0.2, 0) is 21.9 Å². The molecule has 9 heteroatoms. The number of rotatable bonds is 10. The van der Waals surface area contributed by atoms with Crippen molar-refractivity contribution in [2.24, 2.45) is 5.92 Å². The molecule has 0 saturated heterocycles. The van der Waals surface area contributed by atoms with E-state index in [4.69, 9.17) is 46.4 Å². The van der Waals surface area contributed by atoms with Crippen LogP contribution in [0.3, 0.4) is 0 Å². The Morgan fingerprint density at radius 3 is 2.31 bits per heavy atom. The molecule has 0 aliphatic carbocycles. The Kier molecular flexibility index (Phi) is 11.0. The summed E-state index contributed by atoms with van der Waals surface area (Å²) >= 11 is 25.8. The van der Waals surface area contributed by atoms with Crippen molar-refractivity contribution in [1.82, 2.24) is 10.2 Å². The number of nitrogens with zero attached hydrogens (tertiary/aromatic N) is 1. The molecule has 0 radical (unpaired) electrons. The summed E-state index contributed by atoms with van der Waals surface area (Å²) in [6.07, 6.45) is 0. The van der Waals surface area contributed by atoms with E-state index in [0.717, 1.165) is 11.1 Å². The standard InChI is InChI=1S/C23H26Cl4N2O2S/c1-14(2)10-28-23(31)15(3)29(11-17-5-6-18(24)9-20(17)26)22(30)13-32-12-16-4-7-19(25)21(27)8-16/h4-9,14-15H,10-13H2,1-3H3,(H,28,31). The Morgan fingerprint density at radius 1 is 0.969 bits per heavy atom. The molecule has 0 aromatic heterocycles. The zero-order valence-electron chi connectivity index (χ0n) is 18.1. The van der Waals surface area contributed by atoms with Gasteiger partial charge >= 0.3 is 0 Å². The van der Waals surface area contributed by atoms with Crippen molar-refractivity contribution in [3.05, 3.63) is 67.6 Å². The SMILES string of the molecule is CC(C)CNC(=O)C(C)N(Cc1ccc(Cl)cc1Cl)C(=O)CSCc1ccc(Cl)c(Cl)c1. The van der Waals surface area contributed by atoms with Crippen molar-refractivity contribution in [2.45, 2.75) is 39.1 Å². The molecule has 1 atom stereocenters. The highest BCUT2D eigenvalue weighted by atomic mass is 35.5. The van der Waals surface area contributed by atoms with Gasteiger partial charge in [0.1, 0.15) is 6.04 Å². The van der Waals surface area contributed by atoms with Gasteiger partial charge in [-0.25, -0.2) is 0 Å². The van der Waals surface area contributed by atoms with Gasteiger partial charge in [-0.15, -0.1) is 11.8 Å². The third kappa shape index (κ3) is 8.35. The maximum Gasteiger partial charge on any atom is 0.242 e. The predicted octanol–water partition coefficient (Wildman–Crippen LogP) is 6.72. The monoisotopic (exact) mass is 534 g/mol. The minimum atomic E-state index is -0.654. The van der Waals surface area contributed by atoms with E-state index in [1.807, 2.05) is 19.9 Å². The van der Waals surface area contributed by atoms with Gasteiger partial charge in [0.2, 0.25) is 11.8 Å². The smallest absolute Gasteiger partial charge is 0.242 e. The highest BCUT2D eigenvalue weighted by Crippen LogP contribution is 2.26. The number of thioether (sulfide) groups is 1. The first kappa shape index (κ1) is 27.1. The van der Waals surface area contributed by atoms with E-state index in [1.54, 1.807) is 42.2 Å². The van der Waals surface area contributed by atoms with Crippen molar-refractivity contribution in [2.75, 3.05) is 12.3 Å². The van der Waals surface area contributed by atoms with Gasteiger partial charge in [-0.2, -0.15) is 0 Å². The molecule has 2 aromatic carbocycles. The Balaban J connectivity index is 2.11. The number of benzene rings is 2. The van der Waals surface area contributed by atoms with Crippen LogP contribution in [-0.4, -0.2) is 35.1 Å². The number of hydrogen-bond donors (Lipinski definition) is 1. The molecular formula is C23H26Cl4N2O2S. The summed E-state index contributed by atoms with van der Waals surface area (Å²) < 4.78 is 0. The molecule has 0 fully saturated rings. The van der Waals surface area contributed by atoms with E-state index in [1.165, 1.54) is 11.8 Å². The molecule has 2 rings (SSSR count). The summed E-state index contributed by atoms with van der Waals surface area (Å²) in [5, 5.41) is 4.83. The lowest BCUT2D eigenvalue weighted by molar-refractivity contribution is -0.138. The van der Waals surface area contributed by atoms with E-state index >= 15 is 0 Å². The molecule has 2 amide bonds. The number of hydrogen-bond acceptors (Lipinski definition) is 3. The Hall–Kier alpha value is -1.11. The van der Waals surface area contributed by atoms with Crippen LogP contribution in [0.4, 0.5) is 0 Å². The van der Waals surface area contributed by atoms with Gasteiger partial charge in [-0.1, -0.05) is 72.4 Å². The van der Waals surface area contributed by atoms with E-state index in [0.29, 0.717) is 38.3 Å². The highest BCUT2D eigenvalue weighted by molar-refractivity contribution is 7.99. The van der Waals surface area contributed by atoms with Gasteiger partial charge < -0.3 is 10.2 Å². The van der Waals surface area contributed by atoms with Gasteiger partial charge in [0.25, 0.3) is 0 Å². The summed E-state index contributed by atoms with van der Waals surface area (Å²) in [6, 6.07) is 9.86. The quantitative estimate of drug-likeness (QED) is 0.367. The summed E-state index contributed by atoms with van der Waals surface area (Å²) in [5.41, 5.74) is 1.69. The summed E-state index contributed by atoms with van der Waals surface area (Å²) in [5.74, 6) is 0.738. The molecule has 32 heavy (non-hydrogen) atoms. The normalized spacial score (nSPS) is 12.0. The molecule has 0 bridgehead atoms. The number of amides is 2. The van der Waals surface area contributed by atoms with Gasteiger partial charge in [-0.05, 0) is 48.2 Å². The molecule has 0 aliphatic rings. The lowest BCUT2D eigenvalue weighted by atomic mass is 10.1.